The van der Waals surface area contributed by atoms with Crippen LogP contribution in [0.25, 0.3) is 0 Å². The zero-order valence-electron chi connectivity index (χ0n) is 18.2. The van der Waals surface area contributed by atoms with Crippen molar-refractivity contribution in [3.63, 3.8) is 0 Å². The number of amides is 1. The molecule has 0 unspecified atom stereocenters. The van der Waals surface area contributed by atoms with Crippen molar-refractivity contribution >= 4 is 23.2 Å². The summed E-state index contributed by atoms with van der Waals surface area (Å²) in [6, 6.07) is 13.7. The maximum atomic E-state index is 12.6. The van der Waals surface area contributed by atoms with Crippen molar-refractivity contribution in [2.75, 3.05) is 31.1 Å². The first kappa shape index (κ1) is 21.3. The Labute approximate surface area is 184 Å². The second-order valence-corrected chi connectivity index (χ2v) is 8.58. The van der Waals surface area contributed by atoms with Crippen LogP contribution in [0.1, 0.15) is 64.4 Å². The Balaban J connectivity index is 1.26. The number of anilines is 1. The van der Waals surface area contributed by atoms with Gasteiger partial charge < -0.3 is 9.80 Å². The largest absolute Gasteiger partial charge is 0.368 e. The molecule has 31 heavy (non-hydrogen) atoms. The Hall–Kier alpha value is -2.95. The molecule has 2 aromatic rings. The Bertz CT molecular complexity index is 973. The minimum absolute atomic E-state index is 0.0536. The summed E-state index contributed by atoms with van der Waals surface area (Å²) < 4.78 is 0. The average molecular weight is 419 g/mol. The van der Waals surface area contributed by atoms with Crippen LogP contribution in [0.5, 0.6) is 0 Å². The summed E-state index contributed by atoms with van der Waals surface area (Å²) in [7, 11) is 0. The molecule has 0 N–H and O–H groups in total. The Kier molecular flexibility index (Phi) is 6.50. The van der Waals surface area contributed by atoms with Gasteiger partial charge in [0.05, 0.1) is 0 Å². The summed E-state index contributed by atoms with van der Waals surface area (Å²) in [5, 5.41) is 0. The van der Waals surface area contributed by atoms with Gasteiger partial charge in [0.15, 0.2) is 11.6 Å². The van der Waals surface area contributed by atoms with Crippen molar-refractivity contribution < 1.29 is 14.4 Å². The van der Waals surface area contributed by atoms with Crippen LogP contribution in [-0.2, 0) is 17.6 Å². The minimum atomic E-state index is 0.0536. The third-order valence-electron chi connectivity index (χ3n) is 6.51. The molecular formula is C26H30N2O3. The summed E-state index contributed by atoms with van der Waals surface area (Å²) in [5.74, 6) is 0.177. The Morgan fingerprint density at radius 3 is 2.10 bits per heavy atom. The Morgan fingerprint density at radius 2 is 1.42 bits per heavy atom. The molecule has 2 aromatic carbocycles. The van der Waals surface area contributed by atoms with E-state index in [-0.39, 0.29) is 30.3 Å². The molecule has 162 valence electrons. The van der Waals surface area contributed by atoms with Crippen molar-refractivity contribution in [2.24, 2.45) is 0 Å². The molecular weight excluding hydrogens is 388 g/mol. The fourth-order valence-corrected chi connectivity index (χ4v) is 4.55. The van der Waals surface area contributed by atoms with Gasteiger partial charge in [-0.25, -0.2) is 0 Å². The van der Waals surface area contributed by atoms with Crippen molar-refractivity contribution in [3.8, 4) is 0 Å². The highest BCUT2D eigenvalue weighted by atomic mass is 16.2. The smallest absolute Gasteiger partial charge is 0.223 e. The van der Waals surface area contributed by atoms with Crippen LogP contribution in [0.4, 0.5) is 5.69 Å². The molecule has 0 aromatic heterocycles. The number of piperazine rings is 1. The van der Waals surface area contributed by atoms with E-state index in [1.54, 1.807) is 6.92 Å². The van der Waals surface area contributed by atoms with Crippen molar-refractivity contribution in [2.45, 2.75) is 45.4 Å². The maximum Gasteiger partial charge on any atom is 0.223 e. The van der Waals surface area contributed by atoms with Gasteiger partial charge in [-0.05, 0) is 74.1 Å². The maximum absolute atomic E-state index is 12.6. The van der Waals surface area contributed by atoms with E-state index < -0.39 is 0 Å². The van der Waals surface area contributed by atoms with E-state index in [1.807, 2.05) is 41.3 Å². The minimum Gasteiger partial charge on any atom is -0.368 e. The molecule has 5 heteroatoms. The highest BCUT2D eigenvalue weighted by Gasteiger charge is 2.22. The molecule has 0 bridgehead atoms. The average Bonchev–Trinajstić information content (AvgIpc) is 2.82. The molecule has 0 atom stereocenters. The number of hydrogen-bond donors (Lipinski definition) is 0. The first-order chi connectivity index (χ1) is 15.0. The van der Waals surface area contributed by atoms with Gasteiger partial charge in [-0.3, -0.25) is 14.4 Å². The fraction of sp³-hybridized carbons (Fsp3) is 0.423. The summed E-state index contributed by atoms with van der Waals surface area (Å²) in [6.07, 6.45) is 5.11. The number of carbonyl (C=O) groups excluding carboxylic acids is 3. The third-order valence-corrected chi connectivity index (χ3v) is 6.51. The van der Waals surface area contributed by atoms with Gasteiger partial charge in [-0.2, -0.15) is 0 Å². The second kappa shape index (κ2) is 9.46. The number of fused-ring (bicyclic) bond motifs is 1. The molecule has 1 heterocycles. The summed E-state index contributed by atoms with van der Waals surface area (Å²) in [6.45, 7) is 4.38. The molecule has 1 amide bonds. The van der Waals surface area contributed by atoms with E-state index >= 15 is 0 Å². The van der Waals surface area contributed by atoms with E-state index in [0.717, 1.165) is 37.2 Å². The number of hydrogen-bond acceptors (Lipinski definition) is 4. The fourth-order valence-electron chi connectivity index (χ4n) is 4.55. The number of ketones is 2. The van der Waals surface area contributed by atoms with Crippen LogP contribution >= 0.6 is 0 Å². The van der Waals surface area contributed by atoms with Crippen LogP contribution < -0.4 is 4.90 Å². The van der Waals surface area contributed by atoms with Crippen LogP contribution in [0, 0.1) is 0 Å². The molecule has 0 spiro atoms. The lowest BCUT2D eigenvalue weighted by Gasteiger charge is -2.36. The Morgan fingerprint density at radius 1 is 0.774 bits per heavy atom. The number of nitrogens with zero attached hydrogens (tertiary/aromatic N) is 2. The molecule has 4 rings (SSSR count). The highest BCUT2D eigenvalue weighted by molar-refractivity contribution is 5.98. The number of carbonyl (C=O) groups is 3. The molecule has 1 saturated heterocycles. The number of Topliss-reactive ketones (excluding diaryl/α,β-unsaturated/α-hetero) is 2. The van der Waals surface area contributed by atoms with Crippen LogP contribution in [0.2, 0.25) is 0 Å². The van der Waals surface area contributed by atoms with E-state index in [2.05, 4.69) is 11.0 Å². The van der Waals surface area contributed by atoms with Crippen molar-refractivity contribution in [1.82, 2.24) is 4.90 Å². The predicted octanol–water partition coefficient (Wildman–Crippen LogP) is 4.08. The van der Waals surface area contributed by atoms with E-state index in [1.165, 1.54) is 24.0 Å². The summed E-state index contributed by atoms with van der Waals surface area (Å²) in [5.41, 5.74) is 5.19. The zero-order chi connectivity index (χ0) is 21.8. The van der Waals surface area contributed by atoms with Gasteiger partial charge in [0, 0.05) is 55.8 Å². The van der Waals surface area contributed by atoms with E-state index in [9.17, 15) is 14.4 Å². The van der Waals surface area contributed by atoms with Gasteiger partial charge in [0.25, 0.3) is 0 Å². The van der Waals surface area contributed by atoms with E-state index in [4.69, 9.17) is 0 Å². The molecule has 5 nitrogen and oxygen atoms in total. The van der Waals surface area contributed by atoms with Crippen molar-refractivity contribution in [3.05, 3.63) is 64.7 Å². The van der Waals surface area contributed by atoms with Gasteiger partial charge in [0.2, 0.25) is 5.91 Å². The van der Waals surface area contributed by atoms with Crippen LogP contribution in [0.15, 0.2) is 42.5 Å². The molecule has 1 fully saturated rings. The molecule has 0 radical (unpaired) electrons. The summed E-state index contributed by atoms with van der Waals surface area (Å²) >= 11 is 0. The standard InChI is InChI=1S/C26H30N2O3/c1-19(29)20-8-10-24(11-9-20)27-14-16-28(17-15-27)26(31)13-12-25(30)23-7-6-21-4-2-3-5-22(21)18-23/h6-11,18H,2-5,12-17H2,1H3. The van der Waals surface area contributed by atoms with Crippen LogP contribution in [0.3, 0.4) is 0 Å². The lowest BCUT2D eigenvalue weighted by Crippen LogP contribution is -2.48. The first-order valence-electron chi connectivity index (χ1n) is 11.3. The number of aryl methyl sites for hydroxylation is 2. The zero-order valence-corrected chi connectivity index (χ0v) is 18.2. The lowest BCUT2D eigenvalue weighted by molar-refractivity contribution is -0.131. The normalized spacial score (nSPS) is 16.0. The number of rotatable bonds is 6. The van der Waals surface area contributed by atoms with Gasteiger partial charge in [0.1, 0.15) is 0 Å². The number of benzene rings is 2. The molecule has 2 aliphatic rings. The SMILES string of the molecule is CC(=O)c1ccc(N2CCN(C(=O)CCC(=O)c3ccc4c(c3)CCCC4)CC2)cc1. The quantitative estimate of drug-likeness (QED) is 0.664. The van der Waals surface area contributed by atoms with Gasteiger partial charge in [-0.1, -0.05) is 12.1 Å². The van der Waals surface area contributed by atoms with Crippen molar-refractivity contribution in [1.29, 1.82) is 0 Å². The van der Waals surface area contributed by atoms with Crippen LogP contribution in [-0.4, -0.2) is 48.6 Å². The molecule has 1 aliphatic carbocycles. The van der Waals surface area contributed by atoms with Gasteiger partial charge in [-0.15, -0.1) is 0 Å². The molecule has 0 saturated carbocycles. The second-order valence-electron chi connectivity index (χ2n) is 8.58. The molecule has 1 aliphatic heterocycles. The van der Waals surface area contributed by atoms with E-state index in [0.29, 0.717) is 18.7 Å². The monoisotopic (exact) mass is 418 g/mol. The highest BCUT2D eigenvalue weighted by Crippen LogP contribution is 2.23. The van der Waals surface area contributed by atoms with Gasteiger partial charge >= 0.3 is 0 Å². The third kappa shape index (κ3) is 5.04. The first-order valence-corrected chi connectivity index (χ1v) is 11.3. The predicted molar refractivity (Wildman–Crippen MR) is 122 cm³/mol. The lowest BCUT2D eigenvalue weighted by atomic mass is 9.89. The summed E-state index contributed by atoms with van der Waals surface area (Å²) in [4.78, 5) is 40.8. The topological polar surface area (TPSA) is 57.7 Å².